The van der Waals surface area contributed by atoms with Gasteiger partial charge in [-0.15, -0.1) is 0 Å². The minimum absolute atomic E-state index is 0.0576. The first-order valence-corrected chi connectivity index (χ1v) is 9.67. The molecular formula is C22H24FN3O3. The molecule has 1 atom stereocenters. The molecule has 2 aromatic carbocycles. The van der Waals surface area contributed by atoms with Gasteiger partial charge in [-0.05, 0) is 56.2 Å². The van der Waals surface area contributed by atoms with Gasteiger partial charge in [0, 0.05) is 36.8 Å². The molecule has 0 fully saturated rings. The smallest absolute Gasteiger partial charge is 0.319 e. The second kappa shape index (κ2) is 7.06. The number of urea groups is 1. The van der Waals surface area contributed by atoms with E-state index in [1.165, 1.54) is 12.1 Å². The number of aryl methyl sites for hydroxylation is 1. The van der Waals surface area contributed by atoms with Gasteiger partial charge in [0.05, 0.1) is 6.04 Å². The molecule has 4 rings (SSSR count). The number of rotatable bonds is 2. The van der Waals surface area contributed by atoms with Gasteiger partial charge in [-0.3, -0.25) is 4.79 Å². The van der Waals surface area contributed by atoms with Crippen molar-refractivity contribution in [3.05, 3.63) is 53.3 Å². The number of hydrogen-bond donors (Lipinski definition) is 2. The number of nitrogens with zero attached hydrogens (tertiary/aromatic N) is 1. The lowest BCUT2D eigenvalue weighted by Gasteiger charge is -2.37. The molecule has 0 bridgehead atoms. The van der Waals surface area contributed by atoms with Gasteiger partial charge in [-0.1, -0.05) is 6.07 Å². The first-order valence-electron chi connectivity index (χ1n) is 9.67. The Kier molecular flexibility index (Phi) is 4.68. The Hall–Kier alpha value is -3.09. The summed E-state index contributed by atoms with van der Waals surface area (Å²) in [6, 6.07) is 9.11. The maximum atomic E-state index is 13.8. The van der Waals surface area contributed by atoms with E-state index in [1.807, 2.05) is 26.0 Å². The average molecular weight is 397 g/mol. The van der Waals surface area contributed by atoms with Gasteiger partial charge in [0.2, 0.25) is 5.91 Å². The highest BCUT2D eigenvalue weighted by Gasteiger charge is 2.35. The highest BCUT2D eigenvalue weighted by Crippen LogP contribution is 2.39. The third-order valence-electron chi connectivity index (χ3n) is 5.42. The molecule has 2 aromatic rings. The van der Waals surface area contributed by atoms with Crippen molar-refractivity contribution < 1.29 is 18.7 Å². The summed E-state index contributed by atoms with van der Waals surface area (Å²) in [5.74, 6) is 0.255. The van der Waals surface area contributed by atoms with Crippen LogP contribution in [0.1, 0.15) is 43.9 Å². The number of fused-ring (bicyclic) bond motifs is 2. The van der Waals surface area contributed by atoms with Crippen LogP contribution >= 0.6 is 0 Å². The zero-order valence-electron chi connectivity index (χ0n) is 16.7. The van der Waals surface area contributed by atoms with E-state index in [1.54, 1.807) is 24.1 Å². The summed E-state index contributed by atoms with van der Waals surface area (Å²) in [7, 11) is 1.74. The molecule has 2 aliphatic heterocycles. The van der Waals surface area contributed by atoms with Crippen LogP contribution < -0.4 is 20.3 Å². The summed E-state index contributed by atoms with van der Waals surface area (Å²) < 4.78 is 19.7. The van der Waals surface area contributed by atoms with Crippen LogP contribution in [0.25, 0.3) is 0 Å². The summed E-state index contributed by atoms with van der Waals surface area (Å²) in [6.45, 7) is 3.87. The van der Waals surface area contributed by atoms with Crippen molar-refractivity contribution in [2.45, 2.75) is 44.8 Å². The summed E-state index contributed by atoms with van der Waals surface area (Å²) >= 11 is 0. The Morgan fingerprint density at radius 2 is 2.00 bits per heavy atom. The van der Waals surface area contributed by atoms with Crippen LogP contribution in [0.2, 0.25) is 0 Å². The zero-order valence-corrected chi connectivity index (χ0v) is 16.7. The highest BCUT2D eigenvalue weighted by atomic mass is 19.1. The number of carbonyl (C=O) groups is 2. The molecule has 7 heteroatoms. The van der Waals surface area contributed by atoms with E-state index < -0.39 is 11.6 Å². The van der Waals surface area contributed by atoms with Crippen molar-refractivity contribution in [3.63, 3.8) is 0 Å². The molecule has 0 aromatic heterocycles. The molecule has 2 N–H and O–H groups in total. The molecule has 0 aliphatic carbocycles. The third kappa shape index (κ3) is 3.90. The van der Waals surface area contributed by atoms with Gasteiger partial charge in [-0.2, -0.15) is 0 Å². The summed E-state index contributed by atoms with van der Waals surface area (Å²) in [6.07, 6.45) is 1.70. The van der Waals surface area contributed by atoms with Crippen molar-refractivity contribution in [2.24, 2.45) is 0 Å². The lowest BCUT2D eigenvalue weighted by Crippen LogP contribution is -2.42. The van der Waals surface area contributed by atoms with Crippen molar-refractivity contribution in [1.29, 1.82) is 0 Å². The van der Waals surface area contributed by atoms with Crippen LogP contribution in [0.5, 0.6) is 5.75 Å². The molecular weight excluding hydrogens is 373 g/mol. The maximum absolute atomic E-state index is 13.8. The third-order valence-corrected chi connectivity index (χ3v) is 5.42. The SMILES string of the molecule is CN1C(=O)CCc2ccc(NC(=O)N[C@@H]3CC(C)(C)Oc4ccc(F)cc43)cc21. The van der Waals surface area contributed by atoms with E-state index in [4.69, 9.17) is 4.74 Å². The average Bonchev–Trinajstić information content (AvgIpc) is 2.65. The van der Waals surface area contributed by atoms with E-state index in [0.717, 1.165) is 11.3 Å². The fraction of sp³-hybridized carbons (Fsp3) is 0.364. The molecule has 6 nitrogen and oxygen atoms in total. The van der Waals surface area contributed by atoms with E-state index in [-0.39, 0.29) is 17.8 Å². The second-order valence-electron chi connectivity index (χ2n) is 8.20. The van der Waals surface area contributed by atoms with E-state index in [9.17, 15) is 14.0 Å². The minimum Gasteiger partial charge on any atom is -0.487 e. The Morgan fingerprint density at radius 3 is 2.79 bits per heavy atom. The molecule has 0 radical (unpaired) electrons. The predicted molar refractivity (Wildman–Crippen MR) is 109 cm³/mol. The highest BCUT2D eigenvalue weighted by molar-refractivity contribution is 5.97. The molecule has 2 heterocycles. The maximum Gasteiger partial charge on any atom is 0.319 e. The zero-order chi connectivity index (χ0) is 20.8. The molecule has 3 amide bonds. The number of hydrogen-bond acceptors (Lipinski definition) is 3. The monoisotopic (exact) mass is 397 g/mol. The summed E-state index contributed by atoms with van der Waals surface area (Å²) in [4.78, 5) is 26.2. The van der Waals surface area contributed by atoms with Crippen LogP contribution in [-0.2, 0) is 11.2 Å². The van der Waals surface area contributed by atoms with Crippen molar-refractivity contribution in [1.82, 2.24) is 5.32 Å². The van der Waals surface area contributed by atoms with Gasteiger partial charge < -0.3 is 20.3 Å². The predicted octanol–water partition coefficient (Wildman–Crippen LogP) is 4.16. The van der Waals surface area contributed by atoms with Crippen LogP contribution in [-0.4, -0.2) is 24.6 Å². The first kappa shape index (κ1) is 19.2. The number of ether oxygens (including phenoxy) is 1. The Morgan fingerprint density at radius 1 is 1.21 bits per heavy atom. The number of anilines is 2. The number of carbonyl (C=O) groups excluding carboxylic acids is 2. The molecule has 0 saturated carbocycles. The van der Waals surface area contributed by atoms with Gasteiger partial charge in [0.1, 0.15) is 17.2 Å². The van der Waals surface area contributed by atoms with Gasteiger partial charge >= 0.3 is 6.03 Å². The molecule has 2 aliphatic rings. The lowest BCUT2D eigenvalue weighted by atomic mass is 9.89. The van der Waals surface area contributed by atoms with E-state index >= 15 is 0 Å². The molecule has 0 saturated heterocycles. The van der Waals surface area contributed by atoms with Gasteiger partial charge in [-0.25, -0.2) is 9.18 Å². The Bertz CT molecular complexity index is 989. The normalized spacial score (nSPS) is 19.7. The number of nitrogens with one attached hydrogen (secondary N) is 2. The van der Waals surface area contributed by atoms with Crippen LogP contribution in [0.3, 0.4) is 0 Å². The van der Waals surface area contributed by atoms with Crippen molar-refractivity contribution >= 4 is 23.3 Å². The summed E-state index contributed by atoms with van der Waals surface area (Å²) in [5.41, 5.74) is 2.61. The standard InChI is InChI=1S/C22H24FN3O3/c1-22(2)12-17(16-10-14(23)6-8-19(16)29-22)25-21(28)24-15-7-4-13-5-9-20(27)26(3)18(13)11-15/h4,6-8,10-11,17H,5,9,12H2,1-3H3,(H2,24,25,28)/t17-/m1/s1. The number of benzene rings is 2. The van der Waals surface area contributed by atoms with Crippen molar-refractivity contribution in [3.8, 4) is 5.75 Å². The minimum atomic E-state index is -0.488. The molecule has 152 valence electrons. The number of halogens is 1. The summed E-state index contributed by atoms with van der Waals surface area (Å²) in [5, 5.41) is 5.75. The second-order valence-corrected chi connectivity index (χ2v) is 8.20. The Balaban J connectivity index is 1.52. The Labute approximate surface area is 169 Å². The van der Waals surface area contributed by atoms with Crippen LogP contribution in [0.4, 0.5) is 20.6 Å². The van der Waals surface area contributed by atoms with Crippen LogP contribution in [0, 0.1) is 5.82 Å². The topological polar surface area (TPSA) is 70.7 Å². The van der Waals surface area contributed by atoms with Crippen LogP contribution in [0.15, 0.2) is 36.4 Å². The largest absolute Gasteiger partial charge is 0.487 e. The number of amides is 3. The van der Waals surface area contributed by atoms with Gasteiger partial charge in [0.15, 0.2) is 0 Å². The quantitative estimate of drug-likeness (QED) is 0.799. The van der Waals surface area contributed by atoms with Gasteiger partial charge in [0.25, 0.3) is 0 Å². The van der Waals surface area contributed by atoms with E-state index in [0.29, 0.717) is 36.3 Å². The lowest BCUT2D eigenvalue weighted by molar-refractivity contribution is -0.118. The molecule has 0 unspecified atom stereocenters. The first-order chi connectivity index (χ1) is 13.7. The van der Waals surface area contributed by atoms with E-state index in [2.05, 4.69) is 10.6 Å². The fourth-order valence-electron chi connectivity index (χ4n) is 3.99. The fourth-order valence-corrected chi connectivity index (χ4v) is 3.99. The molecule has 0 spiro atoms. The van der Waals surface area contributed by atoms with Crippen molar-refractivity contribution in [2.75, 3.05) is 17.3 Å². The molecule has 29 heavy (non-hydrogen) atoms.